The molecule has 0 aliphatic carbocycles. The van der Waals surface area contributed by atoms with Crippen LogP contribution in [0.1, 0.15) is 25.3 Å². The summed E-state index contributed by atoms with van der Waals surface area (Å²) in [5.41, 5.74) is 2.47. The Hall–Kier alpha value is -1.05. The van der Waals surface area contributed by atoms with E-state index in [1.807, 2.05) is 0 Å². The highest BCUT2D eigenvalue weighted by atomic mass is 79.9. The standard InChI is InChI=1S/C16H22BrN3/c1-12-10-14(4-5-16(12)17)20-9-7-13(2)19(3)11-15(20)6-8-18/h4-5,10,13,15H,6-7,9,11H2,1-3H3. The molecule has 1 aromatic carbocycles. The van der Waals surface area contributed by atoms with E-state index in [-0.39, 0.29) is 6.04 Å². The number of aryl methyl sites for hydroxylation is 1. The highest BCUT2D eigenvalue weighted by Crippen LogP contribution is 2.27. The molecule has 1 fully saturated rings. The zero-order chi connectivity index (χ0) is 14.7. The Kier molecular flexibility index (Phi) is 5.06. The summed E-state index contributed by atoms with van der Waals surface area (Å²) in [5, 5.41) is 9.12. The van der Waals surface area contributed by atoms with Gasteiger partial charge in [0.05, 0.1) is 18.5 Å². The van der Waals surface area contributed by atoms with Gasteiger partial charge >= 0.3 is 0 Å². The van der Waals surface area contributed by atoms with Crippen molar-refractivity contribution in [1.29, 1.82) is 5.26 Å². The second-order valence-electron chi connectivity index (χ2n) is 5.72. The van der Waals surface area contributed by atoms with Gasteiger partial charge in [-0.1, -0.05) is 15.9 Å². The topological polar surface area (TPSA) is 30.3 Å². The van der Waals surface area contributed by atoms with Crippen molar-refractivity contribution in [3.05, 3.63) is 28.2 Å². The van der Waals surface area contributed by atoms with Crippen molar-refractivity contribution in [3.8, 4) is 6.07 Å². The molecule has 0 amide bonds. The third kappa shape index (κ3) is 3.34. The van der Waals surface area contributed by atoms with Crippen molar-refractivity contribution in [1.82, 2.24) is 4.90 Å². The van der Waals surface area contributed by atoms with Crippen LogP contribution in [0.4, 0.5) is 5.69 Å². The van der Waals surface area contributed by atoms with Gasteiger partial charge in [-0.3, -0.25) is 0 Å². The van der Waals surface area contributed by atoms with Gasteiger partial charge < -0.3 is 9.80 Å². The molecule has 4 heteroatoms. The number of rotatable bonds is 2. The molecule has 2 rings (SSSR count). The Morgan fingerprint density at radius 2 is 2.20 bits per heavy atom. The lowest BCUT2D eigenvalue weighted by atomic mass is 10.1. The van der Waals surface area contributed by atoms with Crippen LogP contribution in [0.15, 0.2) is 22.7 Å². The summed E-state index contributed by atoms with van der Waals surface area (Å²) in [6.45, 7) is 6.34. The minimum absolute atomic E-state index is 0.274. The van der Waals surface area contributed by atoms with Crippen molar-refractivity contribution < 1.29 is 0 Å². The van der Waals surface area contributed by atoms with Gasteiger partial charge in [-0.2, -0.15) is 5.26 Å². The van der Waals surface area contributed by atoms with E-state index < -0.39 is 0 Å². The quantitative estimate of drug-likeness (QED) is 0.827. The van der Waals surface area contributed by atoms with Crippen molar-refractivity contribution in [3.63, 3.8) is 0 Å². The lowest BCUT2D eigenvalue weighted by molar-refractivity contribution is 0.255. The molecule has 0 saturated carbocycles. The van der Waals surface area contributed by atoms with Crippen LogP contribution in [0.25, 0.3) is 0 Å². The van der Waals surface area contributed by atoms with Crippen LogP contribution in [-0.4, -0.2) is 37.1 Å². The van der Waals surface area contributed by atoms with Crippen LogP contribution in [0.5, 0.6) is 0 Å². The summed E-state index contributed by atoms with van der Waals surface area (Å²) in [6.07, 6.45) is 1.71. The lowest BCUT2D eigenvalue weighted by Gasteiger charge is -2.32. The number of benzene rings is 1. The fourth-order valence-electron chi connectivity index (χ4n) is 2.77. The van der Waals surface area contributed by atoms with Gasteiger partial charge in [0, 0.05) is 29.3 Å². The van der Waals surface area contributed by atoms with E-state index in [1.165, 1.54) is 11.3 Å². The Morgan fingerprint density at radius 1 is 1.45 bits per heavy atom. The molecule has 1 aliphatic heterocycles. The summed E-state index contributed by atoms with van der Waals surface area (Å²) in [7, 11) is 2.16. The van der Waals surface area contributed by atoms with Crippen LogP contribution >= 0.6 is 15.9 Å². The summed E-state index contributed by atoms with van der Waals surface area (Å²) in [5.74, 6) is 0. The Morgan fingerprint density at radius 3 is 2.85 bits per heavy atom. The maximum Gasteiger partial charge on any atom is 0.0643 e. The number of anilines is 1. The summed E-state index contributed by atoms with van der Waals surface area (Å²) < 4.78 is 1.14. The van der Waals surface area contributed by atoms with Crippen molar-refractivity contribution >= 4 is 21.6 Å². The molecule has 108 valence electrons. The monoisotopic (exact) mass is 335 g/mol. The highest BCUT2D eigenvalue weighted by molar-refractivity contribution is 9.10. The third-order valence-corrected chi connectivity index (χ3v) is 5.17. The molecule has 1 heterocycles. The first-order valence-corrected chi connectivity index (χ1v) is 7.92. The highest BCUT2D eigenvalue weighted by Gasteiger charge is 2.26. The Balaban J connectivity index is 2.30. The minimum atomic E-state index is 0.274. The number of halogens is 1. The van der Waals surface area contributed by atoms with E-state index >= 15 is 0 Å². The molecule has 2 unspecified atom stereocenters. The van der Waals surface area contributed by atoms with Gasteiger partial charge in [-0.15, -0.1) is 0 Å². The second-order valence-corrected chi connectivity index (χ2v) is 6.57. The van der Waals surface area contributed by atoms with Crippen molar-refractivity contribution in [2.75, 3.05) is 25.0 Å². The van der Waals surface area contributed by atoms with Gasteiger partial charge in [0.25, 0.3) is 0 Å². The van der Waals surface area contributed by atoms with Crippen LogP contribution < -0.4 is 4.90 Å². The number of nitrogens with zero attached hydrogens (tertiary/aromatic N) is 3. The Bertz CT molecular complexity index is 509. The molecular weight excluding hydrogens is 314 g/mol. The summed E-state index contributed by atoms with van der Waals surface area (Å²) in [4.78, 5) is 4.77. The fraction of sp³-hybridized carbons (Fsp3) is 0.562. The maximum atomic E-state index is 9.12. The van der Waals surface area contributed by atoms with Crippen molar-refractivity contribution in [2.24, 2.45) is 0 Å². The molecule has 2 atom stereocenters. The predicted octanol–water partition coefficient (Wildman–Crippen LogP) is 3.57. The summed E-state index contributed by atoms with van der Waals surface area (Å²) >= 11 is 3.55. The Labute approximate surface area is 130 Å². The smallest absolute Gasteiger partial charge is 0.0643 e. The molecule has 1 aliphatic rings. The van der Waals surface area contributed by atoms with E-state index in [0.717, 1.165) is 24.0 Å². The number of hydrogen-bond donors (Lipinski definition) is 0. The first-order valence-electron chi connectivity index (χ1n) is 7.13. The van der Waals surface area contributed by atoms with E-state index in [2.05, 4.69) is 70.9 Å². The lowest BCUT2D eigenvalue weighted by Crippen LogP contribution is -2.40. The van der Waals surface area contributed by atoms with Crippen LogP contribution in [-0.2, 0) is 0 Å². The average Bonchev–Trinajstić information content (AvgIpc) is 2.54. The van der Waals surface area contributed by atoms with Crippen LogP contribution in [0, 0.1) is 18.3 Å². The number of likely N-dealkylation sites (N-methyl/N-ethyl adjacent to an activating group) is 1. The van der Waals surface area contributed by atoms with Gasteiger partial charge in [-0.25, -0.2) is 0 Å². The summed E-state index contributed by atoms with van der Waals surface area (Å²) in [6, 6.07) is 9.66. The zero-order valence-electron chi connectivity index (χ0n) is 12.4. The minimum Gasteiger partial charge on any atom is -0.366 e. The first kappa shape index (κ1) is 15.3. The van der Waals surface area contributed by atoms with E-state index in [1.54, 1.807) is 0 Å². The molecule has 0 aromatic heterocycles. The van der Waals surface area contributed by atoms with E-state index in [4.69, 9.17) is 5.26 Å². The van der Waals surface area contributed by atoms with E-state index in [0.29, 0.717) is 12.5 Å². The van der Waals surface area contributed by atoms with E-state index in [9.17, 15) is 0 Å². The molecular formula is C16H22BrN3. The SMILES string of the molecule is Cc1cc(N2CCC(C)N(C)CC2CC#N)ccc1Br. The van der Waals surface area contributed by atoms with Gasteiger partial charge in [0.15, 0.2) is 0 Å². The first-order chi connectivity index (χ1) is 9.52. The molecule has 3 nitrogen and oxygen atoms in total. The third-order valence-electron chi connectivity index (χ3n) is 4.28. The number of nitriles is 1. The number of hydrogen-bond acceptors (Lipinski definition) is 3. The van der Waals surface area contributed by atoms with Gasteiger partial charge in [0.2, 0.25) is 0 Å². The largest absolute Gasteiger partial charge is 0.366 e. The van der Waals surface area contributed by atoms with Gasteiger partial charge in [0.1, 0.15) is 0 Å². The molecule has 1 aromatic rings. The maximum absolute atomic E-state index is 9.12. The molecule has 1 saturated heterocycles. The van der Waals surface area contributed by atoms with Crippen LogP contribution in [0.3, 0.4) is 0 Å². The average molecular weight is 336 g/mol. The second kappa shape index (κ2) is 6.60. The van der Waals surface area contributed by atoms with Gasteiger partial charge in [-0.05, 0) is 51.1 Å². The molecule has 20 heavy (non-hydrogen) atoms. The van der Waals surface area contributed by atoms with Crippen molar-refractivity contribution in [2.45, 2.75) is 38.8 Å². The molecule has 0 radical (unpaired) electrons. The normalized spacial score (nSPS) is 24.2. The molecule has 0 N–H and O–H groups in total. The van der Waals surface area contributed by atoms with Crippen LogP contribution in [0.2, 0.25) is 0 Å². The molecule has 0 spiro atoms. The fourth-order valence-corrected chi connectivity index (χ4v) is 3.01. The molecule has 0 bridgehead atoms. The predicted molar refractivity (Wildman–Crippen MR) is 87.0 cm³/mol. The zero-order valence-corrected chi connectivity index (χ0v) is 14.0.